The Kier molecular flexibility index (Phi) is 7.28. The fourth-order valence-corrected chi connectivity index (χ4v) is 7.77. The van der Waals surface area contributed by atoms with Gasteiger partial charge in [-0.3, -0.25) is 0 Å². The lowest BCUT2D eigenvalue weighted by Crippen LogP contribution is -2.68. The molecule has 0 unspecified atom stereocenters. The molecule has 40 heavy (non-hydrogen) atoms. The van der Waals surface area contributed by atoms with Crippen molar-refractivity contribution in [3.8, 4) is 0 Å². The van der Waals surface area contributed by atoms with Gasteiger partial charge in [0.1, 0.15) is 11.4 Å². The van der Waals surface area contributed by atoms with Crippen molar-refractivity contribution in [2.75, 3.05) is 13.2 Å². The average Bonchev–Trinajstić information content (AvgIpc) is 3.47. The first kappa shape index (κ1) is 27.9. The Hall–Kier alpha value is -3.60. The summed E-state index contributed by atoms with van der Waals surface area (Å²) in [7, 11) is -4.61. The lowest BCUT2D eigenvalue weighted by atomic mass is 9.74. The van der Waals surface area contributed by atoms with Crippen molar-refractivity contribution in [2.45, 2.75) is 55.9 Å². The lowest BCUT2D eigenvalue weighted by molar-refractivity contribution is -0.190. The molecular weight excluding hydrogens is 537 g/mol. The Morgan fingerprint density at radius 2 is 1.55 bits per heavy atom. The molecule has 0 radical (unpaired) electrons. The first-order chi connectivity index (χ1) is 19.1. The van der Waals surface area contributed by atoms with Crippen LogP contribution in [0.25, 0.3) is 0 Å². The van der Waals surface area contributed by atoms with Crippen LogP contribution in [0.1, 0.15) is 48.6 Å². The summed E-state index contributed by atoms with van der Waals surface area (Å²) in [5.74, 6) is -2.73. The van der Waals surface area contributed by atoms with Crippen LogP contribution in [-0.4, -0.2) is 43.4 Å². The van der Waals surface area contributed by atoms with Gasteiger partial charge in [-0.15, -0.1) is 0 Å². The maximum absolute atomic E-state index is 14.7. The molecule has 2 aliphatic heterocycles. The quantitative estimate of drug-likeness (QED) is 0.305. The molecule has 2 heterocycles. The number of aryl methyl sites for hydroxylation is 1. The fraction of sp³-hybridized carbons (Fsp3) is 0.333. The van der Waals surface area contributed by atoms with E-state index in [4.69, 9.17) is 14.2 Å². The maximum Gasteiger partial charge on any atom is 0.342 e. The van der Waals surface area contributed by atoms with E-state index in [1.54, 1.807) is 50.2 Å². The third-order valence-corrected chi connectivity index (χ3v) is 9.49. The van der Waals surface area contributed by atoms with Crippen LogP contribution < -0.4 is 0 Å². The Labute approximate surface area is 232 Å². The van der Waals surface area contributed by atoms with Gasteiger partial charge in [0.05, 0.1) is 30.8 Å². The zero-order valence-corrected chi connectivity index (χ0v) is 23.2. The molecule has 0 aromatic heterocycles. The summed E-state index contributed by atoms with van der Waals surface area (Å²) in [5.41, 5.74) is -1.99. The predicted molar refractivity (Wildman–Crippen MR) is 143 cm³/mol. The van der Waals surface area contributed by atoms with E-state index in [0.717, 1.165) is 9.87 Å². The van der Waals surface area contributed by atoms with Gasteiger partial charge in [0.25, 0.3) is 5.54 Å². The number of carbonyl (C=O) groups is 2. The third-order valence-electron chi connectivity index (χ3n) is 7.58. The smallest absolute Gasteiger partial charge is 0.342 e. The monoisotopic (exact) mass is 567 g/mol. The molecule has 0 aliphatic carbocycles. The first-order valence-corrected chi connectivity index (χ1v) is 14.5. The Morgan fingerprint density at radius 3 is 2.15 bits per heavy atom. The van der Waals surface area contributed by atoms with Gasteiger partial charge in [-0.05, 0) is 61.7 Å². The number of nitrogens with zero attached hydrogens (tertiary/aromatic N) is 1. The standard InChI is InChI=1S/C30H30FNO7S/c1-4-37-27(33)30(28(34)38-5-2)29(25-9-7-6-8-22(25)19-39-29)18-26(21-12-14-23(31)15-13-21)32(30)40(35,36)24-16-10-20(3)11-17-24/h6-17,26H,4-5,18-19H2,1-3H3/t26-,29-/m0/s1. The van der Waals surface area contributed by atoms with Crippen molar-refractivity contribution in [2.24, 2.45) is 0 Å². The van der Waals surface area contributed by atoms with Crippen LogP contribution in [0.3, 0.4) is 0 Å². The Bertz CT molecular complexity index is 1520. The van der Waals surface area contributed by atoms with Gasteiger partial charge in [0.2, 0.25) is 10.0 Å². The molecule has 0 saturated carbocycles. The normalized spacial score (nSPS) is 21.8. The molecule has 5 rings (SSSR count). The largest absolute Gasteiger partial charge is 0.464 e. The highest BCUT2D eigenvalue weighted by Crippen LogP contribution is 2.62. The van der Waals surface area contributed by atoms with Crippen LogP contribution in [-0.2, 0) is 46.0 Å². The van der Waals surface area contributed by atoms with Crippen molar-refractivity contribution in [3.05, 3.63) is 101 Å². The molecular formula is C30H30FNO7S. The molecule has 3 aromatic carbocycles. The van der Waals surface area contributed by atoms with Crippen LogP contribution in [0.4, 0.5) is 4.39 Å². The van der Waals surface area contributed by atoms with Crippen molar-refractivity contribution < 1.29 is 36.6 Å². The van der Waals surface area contributed by atoms with Crippen LogP contribution in [0.2, 0.25) is 0 Å². The molecule has 1 saturated heterocycles. The minimum atomic E-state index is -4.61. The van der Waals surface area contributed by atoms with E-state index in [-0.39, 0.29) is 31.1 Å². The number of ether oxygens (including phenoxy) is 3. The zero-order valence-electron chi connectivity index (χ0n) is 22.4. The predicted octanol–water partition coefficient (Wildman–Crippen LogP) is 4.56. The molecule has 1 fully saturated rings. The Balaban J connectivity index is 1.90. The van der Waals surface area contributed by atoms with Crippen molar-refractivity contribution in [1.82, 2.24) is 4.31 Å². The molecule has 0 N–H and O–H groups in total. The van der Waals surface area contributed by atoms with Gasteiger partial charge in [0, 0.05) is 6.42 Å². The second-order valence-corrected chi connectivity index (χ2v) is 11.6. The van der Waals surface area contributed by atoms with Crippen molar-refractivity contribution in [3.63, 3.8) is 0 Å². The minimum Gasteiger partial charge on any atom is -0.464 e. The van der Waals surface area contributed by atoms with Crippen molar-refractivity contribution in [1.29, 1.82) is 0 Å². The highest BCUT2D eigenvalue weighted by Gasteiger charge is 2.79. The molecule has 0 bridgehead atoms. The highest BCUT2D eigenvalue weighted by atomic mass is 32.2. The summed E-state index contributed by atoms with van der Waals surface area (Å²) in [6.07, 6.45) is -0.127. The number of sulfonamides is 1. The molecule has 10 heteroatoms. The first-order valence-electron chi connectivity index (χ1n) is 13.1. The van der Waals surface area contributed by atoms with Crippen molar-refractivity contribution >= 4 is 22.0 Å². The summed E-state index contributed by atoms with van der Waals surface area (Å²) >= 11 is 0. The number of hydrogen-bond donors (Lipinski definition) is 0. The highest BCUT2D eigenvalue weighted by molar-refractivity contribution is 7.89. The number of esters is 2. The van der Waals surface area contributed by atoms with E-state index in [1.165, 1.54) is 36.4 Å². The number of rotatable bonds is 7. The number of benzene rings is 3. The lowest BCUT2D eigenvalue weighted by Gasteiger charge is -2.42. The average molecular weight is 568 g/mol. The number of fused-ring (bicyclic) bond motifs is 2. The van der Waals surface area contributed by atoms with E-state index in [2.05, 4.69) is 0 Å². The summed E-state index contributed by atoms with van der Waals surface area (Å²) < 4.78 is 61.6. The molecule has 8 nitrogen and oxygen atoms in total. The molecule has 210 valence electrons. The third kappa shape index (κ3) is 4.05. The second kappa shape index (κ2) is 10.4. The van der Waals surface area contributed by atoms with Gasteiger partial charge in [-0.1, -0.05) is 54.1 Å². The summed E-state index contributed by atoms with van der Waals surface area (Å²) in [6, 6.07) is 17.3. The van der Waals surface area contributed by atoms with E-state index >= 15 is 0 Å². The van der Waals surface area contributed by atoms with Gasteiger partial charge in [-0.2, -0.15) is 4.31 Å². The van der Waals surface area contributed by atoms with E-state index in [9.17, 15) is 22.4 Å². The Morgan fingerprint density at radius 1 is 0.950 bits per heavy atom. The van der Waals surface area contributed by atoms with Gasteiger partial charge in [-0.25, -0.2) is 22.4 Å². The fourth-order valence-electron chi connectivity index (χ4n) is 5.88. The number of carbonyl (C=O) groups excluding carboxylic acids is 2. The van der Waals surface area contributed by atoms with Gasteiger partial charge < -0.3 is 14.2 Å². The van der Waals surface area contributed by atoms with Gasteiger partial charge >= 0.3 is 11.9 Å². The zero-order chi connectivity index (χ0) is 28.7. The molecule has 2 atom stereocenters. The van der Waals surface area contributed by atoms with Crippen LogP contribution >= 0.6 is 0 Å². The molecule has 2 aliphatic rings. The topological polar surface area (TPSA) is 99.2 Å². The molecule has 0 amide bonds. The second-order valence-electron chi connectivity index (χ2n) is 9.81. The van der Waals surface area contributed by atoms with E-state index in [1.807, 2.05) is 6.92 Å². The SMILES string of the molecule is CCOC(=O)C1(C(=O)OCC)N(S(=O)(=O)c2ccc(C)cc2)[C@H](c2ccc(F)cc2)C[C@@]12OCc1ccccc12. The molecule has 1 spiro atoms. The summed E-state index contributed by atoms with van der Waals surface area (Å²) in [5, 5.41) is 0. The van der Waals surface area contributed by atoms with Crippen LogP contribution in [0.5, 0.6) is 0 Å². The maximum atomic E-state index is 14.7. The van der Waals surface area contributed by atoms with Crippen LogP contribution in [0.15, 0.2) is 77.7 Å². The number of hydrogen-bond acceptors (Lipinski definition) is 7. The minimum absolute atomic E-state index is 0.0330. The molecule has 3 aromatic rings. The summed E-state index contributed by atoms with van der Waals surface area (Å²) in [6.45, 7) is 4.73. The van der Waals surface area contributed by atoms with Crippen LogP contribution in [0, 0.1) is 12.7 Å². The van der Waals surface area contributed by atoms with Gasteiger partial charge in [0.15, 0.2) is 0 Å². The van der Waals surface area contributed by atoms with E-state index < -0.39 is 45.0 Å². The van der Waals surface area contributed by atoms with E-state index in [0.29, 0.717) is 16.7 Å². The number of halogens is 1. The summed E-state index contributed by atoms with van der Waals surface area (Å²) in [4.78, 5) is 28.4.